The Bertz CT molecular complexity index is 757. The molecule has 2 aromatic rings. The summed E-state index contributed by atoms with van der Waals surface area (Å²) in [5.74, 6) is 0. The van der Waals surface area contributed by atoms with Crippen molar-refractivity contribution < 1.29 is 0 Å². The molecule has 2 rings (SSSR count). The molecule has 284 valence electrons. The van der Waals surface area contributed by atoms with E-state index in [1.165, 1.54) is 193 Å². The van der Waals surface area contributed by atoms with Crippen LogP contribution >= 0.6 is 0 Å². The first-order valence-corrected chi connectivity index (χ1v) is 21.6. The summed E-state index contributed by atoms with van der Waals surface area (Å²) in [5.41, 5.74) is 7.72. The van der Waals surface area contributed by atoms with Crippen molar-refractivity contribution >= 4 is 11.4 Å². The predicted molar refractivity (Wildman–Crippen MR) is 224 cm³/mol. The van der Waals surface area contributed by atoms with E-state index in [4.69, 9.17) is 5.73 Å². The Morgan fingerprint density at radius 1 is 0.347 bits per heavy atom. The topological polar surface area (TPSA) is 50.1 Å². The highest BCUT2D eigenvalue weighted by molar-refractivity contribution is 5.58. The molecule has 0 aliphatic rings. The van der Waals surface area contributed by atoms with Crippen LogP contribution in [0.1, 0.15) is 201 Å². The lowest BCUT2D eigenvalue weighted by Crippen LogP contribution is -2.16. The van der Waals surface area contributed by atoms with E-state index >= 15 is 0 Å². The number of anilines is 2. The second-order valence-electron chi connectivity index (χ2n) is 14.2. The first-order chi connectivity index (χ1) is 24.3. The zero-order valence-electron chi connectivity index (χ0n) is 33.3. The minimum absolute atomic E-state index is 0.873. The van der Waals surface area contributed by atoms with Crippen LogP contribution in [0.25, 0.3) is 0 Å². The fraction of sp³-hybridized carbons (Fsp3) is 0.739. The van der Waals surface area contributed by atoms with Gasteiger partial charge in [-0.3, -0.25) is 0 Å². The predicted octanol–water partition coefficient (Wildman–Crippen LogP) is 14.9. The molecule has 0 aliphatic carbocycles. The Morgan fingerprint density at radius 2 is 0.612 bits per heavy atom. The van der Waals surface area contributed by atoms with Crippen molar-refractivity contribution in [1.82, 2.24) is 5.32 Å². The largest absolute Gasteiger partial charge is 0.356 e. The Morgan fingerprint density at radius 3 is 0.898 bits per heavy atom. The van der Waals surface area contributed by atoms with Gasteiger partial charge in [0.2, 0.25) is 0 Å². The van der Waals surface area contributed by atoms with Crippen LogP contribution in [0, 0.1) is 0 Å². The van der Waals surface area contributed by atoms with Crippen LogP contribution in [0.4, 0.5) is 11.4 Å². The Labute approximate surface area is 307 Å². The van der Waals surface area contributed by atoms with Gasteiger partial charge in [0.1, 0.15) is 0 Å². The summed E-state index contributed by atoms with van der Waals surface area (Å²) in [4.78, 5) is 0. The van der Waals surface area contributed by atoms with Gasteiger partial charge in [0.05, 0.1) is 0 Å². The molecule has 0 spiro atoms. The van der Waals surface area contributed by atoms with Crippen LogP contribution < -0.4 is 16.4 Å². The van der Waals surface area contributed by atoms with Crippen molar-refractivity contribution in [3.8, 4) is 0 Å². The summed E-state index contributed by atoms with van der Waals surface area (Å²) in [6.45, 7) is 10.2. The normalized spacial score (nSPS) is 10.6. The van der Waals surface area contributed by atoms with E-state index in [-0.39, 0.29) is 0 Å². The molecule has 49 heavy (non-hydrogen) atoms. The number of benzene rings is 2. The van der Waals surface area contributed by atoms with Gasteiger partial charge in [-0.15, -0.1) is 0 Å². The fourth-order valence-electron chi connectivity index (χ4n) is 6.09. The maximum atomic E-state index is 5.48. The molecule has 0 heterocycles. The van der Waals surface area contributed by atoms with Crippen LogP contribution in [-0.4, -0.2) is 19.6 Å². The summed E-state index contributed by atoms with van der Waals surface area (Å²) >= 11 is 0. The monoisotopic (exact) mass is 680 g/mol. The van der Waals surface area contributed by atoms with Crippen LogP contribution in [-0.2, 0) is 0 Å². The van der Waals surface area contributed by atoms with E-state index in [0.717, 1.165) is 17.9 Å². The zero-order valence-corrected chi connectivity index (χ0v) is 33.3. The second kappa shape index (κ2) is 42.3. The van der Waals surface area contributed by atoms with Crippen molar-refractivity contribution in [3.63, 3.8) is 0 Å². The Balaban J connectivity index is 0.000000715. The van der Waals surface area contributed by atoms with Gasteiger partial charge in [0.25, 0.3) is 0 Å². The summed E-state index contributed by atoms with van der Waals surface area (Å²) < 4.78 is 0. The number of nitrogens with two attached hydrogens (primary N) is 1. The summed E-state index contributed by atoms with van der Waals surface area (Å²) in [6.07, 6.45) is 39.8. The Kier molecular flexibility index (Phi) is 40.7. The zero-order chi connectivity index (χ0) is 35.6. The van der Waals surface area contributed by atoms with E-state index in [9.17, 15) is 0 Å². The second-order valence-corrected chi connectivity index (χ2v) is 14.2. The highest BCUT2D eigenvalue weighted by atomic mass is 14.9. The maximum Gasteiger partial charge on any atom is 0.0384 e. The number of para-hydroxylation sites is 2. The smallest absolute Gasteiger partial charge is 0.0384 e. The van der Waals surface area contributed by atoms with E-state index in [0.29, 0.717) is 0 Å². The number of nitrogens with one attached hydrogen (secondary N) is 2. The lowest BCUT2D eigenvalue weighted by Gasteiger charge is -2.04. The molecule has 0 unspecified atom stereocenters. The van der Waals surface area contributed by atoms with E-state index in [2.05, 4.69) is 31.4 Å². The molecule has 0 fully saturated rings. The van der Waals surface area contributed by atoms with Gasteiger partial charge in [0, 0.05) is 11.4 Å². The average Bonchev–Trinajstić information content (AvgIpc) is 3.13. The lowest BCUT2D eigenvalue weighted by molar-refractivity contribution is 0.530. The Hall–Kier alpha value is -1.84. The molecule has 3 nitrogen and oxygen atoms in total. The number of unbranched alkanes of at least 4 members (excludes halogenated alkanes) is 25. The third-order valence-corrected chi connectivity index (χ3v) is 9.31. The minimum atomic E-state index is 0.873. The molecule has 0 radical (unpaired) electrons. The maximum absolute atomic E-state index is 5.48. The molecule has 0 aromatic heterocycles. The molecule has 2 aromatic carbocycles. The van der Waals surface area contributed by atoms with Crippen LogP contribution in [0.3, 0.4) is 0 Å². The summed E-state index contributed by atoms with van der Waals surface area (Å²) in [7, 11) is 0. The fourth-order valence-corrected chi connectivity index (χ4v) is 6.09. The number of hydrogen-bond donors (Lipinski definition) is 3. The molecule has 0 bridgehead atoms. The lowest BCUT2D eigenvalue weighted by atomic mass is 10.0. The number of hydrogen-bond acceptors (Lipinski definition) is 3. The van der Waals surface area contributed by atoms with Gasteiger partial charge >= 0.3 is 0 Å². The van der Waals surface area contributed by atoms with Gasteiger partial charge < -0.3 is 16.4 Å². The van der Waals surface area contributed by atoms with E-state index in [1.807, 2.05) is 60.7 Å². The first kappa shape index (κ1) is 47.2. The minimum Gasteiger partial charge on any atom is -0.356 e. The van der Waals surface area contributed by atoms with Crippen LogP contribution in [0.5, 0.6) is 0 Å². The van der Waals surface area contributed by atoms with E-state index < -0.39 is 0 Å². The molecule has 0 atom stereocenters. The van der Waals surface area contributed by atoms with Crippen LogP contribution in [0.2, 0.25) is 0 Å². The van der Waals surface area contributed by atoms with Crippen molar-refractivity contribution in [2.45, 2.75) is 201 Å². The molecule has 3 heteroatoms. The van der Waals surface area contributed by atoms with Crippen LogP contribution in [0.15, 0.2) is 60.7 Å². The average molecular weight is 680 g/mol. The molecule has 0 amide bonds. The number of rotatable bonds is 32. The SMILES string of the molecule is CCCCCCCCCCCCCCCCCCN.CCCCCCCCNCCCCCCCC.c1ccc(Nc2ccccc2)cc1. The van der Waals surface area contributed by atoms with Gasteiger partial charge in [-0.25, -0.2) is 0 Å². The first-order valence-electron chi connectivity index (χ1n) is 21.6. The van der Waals surface area contributed by atoms with Gasteiger partial charge in [-0.1, -0.05) is 218 Å². The summed E-state index contributed by atoms with van der Waals surface area (Å²) in [6, 6.07) is 20.3. The van der Waals surface area contributed by atoms with Crippen molar-refractivity contribution in [2.24, 2.45) is 5.73 Å². The molecular weight excluding hydrogens is 595 g/mol. The molecule has 4 N–H and O–H groups in total. The molecule has 0 aliphatic heterocycles. The third kappa shape index (κ3) is 38.8. The van der Waals surface area contributed by atoms with Crippen molar-refractivity contribution in [3.05, 3.63) is 60.7 Å². The van der Waals surface area contributed by atoms with Gasteiger partial charge in [0.15, 0.2) is 0 Å². The quantitative estimate of drug-likeness (QED) is 0.0675. The standard InChI is InChI=1S/C18H39N.C16H35N.C12H11N/c1-2-3-4-5-6-7-8-9-10-11-12-13-14-15-16-17-18-19;1-3-5-7-9-11-13-15-17-16-14-12-10-8-6-4-2;1-3-7-11(8-4-1)13-12-9-5-2-6-10-12/h2-19H2,1H3;17H,3-16H2,1-2H3;1-10,13H. The third-order valence-electron chi connectivity index (χ3n) is 9.31. The van der Waals surface area contributed by atoms with Crippen molar-refractivity contribution in [1.29, 1.82) is 0 Å². The highest BCUT2D eigenvalue weighted by Gasteiger charge is 1.95. The van der Waals surface area contributed by atoms with Crippen molar-refractivity contribution in [2.75, 3.05) is 25.0 Å². The van der Waals surface area contributed by atoms with E-state index in [1.54, 1.807) is 0 Å². The van der Waals surface area contributed by atoms with Gasteiger partial charge in [-0.2, -0.15) is 0 Å². The molecule has 0 saturated heterocycles. The molecular formula is C46H85N3. The summed E-state index contributed by atoms with van der Waals surface area (Å²) in [5, 5.41) is 6.87. The molecule has 0 saturated carbocycles. The highest BCUT2D eigenvalue weighted by Crippen LogP contribution is 2.15. The van der Waals surface area contributed by atoms with Gasteiger partial charge in [-0.05, 0) is 63.2 Å².